The van der Waals surface area contributed by atoms with Crippen molar-refractivity contribution in [1.29, 1.82) is 0 Å². The van der Waals surface area contributed by atoms with Crippen LogP contribution >= 0.6 is 0 Å². The van der Waals surface area contributed by atoms with Crippen molar-refractivity contribution in [3.63, 3.8) is 0 Å². The topological polar surface area (TPSA) is 44.3 Å². The second-order valence-corrected chi connectivity index (χ2v) is 17.0. The van der Waals surface area contributed by atoms with Gasteiger partial charge in [-0.15, -0.1) is 0 Å². The van der Waals surface area contributed by atoms with Crippen LogP contribution in [0.3, 0.4) is 0 Å². The van der Waals surface area contributed by atoms with Crippen molar-refractivity contribution in [2.24, 2.45) is 56.7 Å². The first-order valence-electron chi connectivity index (χ1n) is 16.7. The second kappa shape index (κ2) is 9.40. The van der Waals surface area contributed by atoms with Gasteiger partial charge in [0.1, 0.15) is 0 Å². The van der Waals surface area contributed by atoms with Gasteiger partial charge in [0.05, 0.1) is 6.10 Å². The summed E-state index contributed by atoms with van der Waals surface area (Å²) in [5.74, 6) is 3.03. The number of fused-ring (bicyclic) bond motifs is 7. The Bertz CT molecular complexity index is 1150. The molecule has 1 aromatic rings. The average Bonchev–Trinajstić information content (AvgIpc) is 3.27. The zero-order valence-electron chi connectivity index (χ0n) is 26.7. The van der Waals surface area contributed by atoms with Crippen LogP contribution in [0.15, 0.2) is 30.6 Å². The fourth-order valence-corrected chi connectivity index (χ4v) is 12.9. The van der Waals surface area contributed by atoms with E-state index in [9.17, 15) is 10.2 Å². The third-order valence-electron chi connectivity index (χ3n) is 15.0. The van der Waals surface area contributed by atoms with Gasteiger partial charge in [0.15, 0.2) is 18.9 Å². The Balaban J connectivity index is 1.33. The highest BCUT2D eigenvalue weighted by Gasteiger charge is 2.70. The van der Waals surface area contributed by atoms with Gasteiger partial charge in [0.2, 0.25) is 0 Å². The van der Waals surface area contributed by atoms with Crippen LogP contribution in [-0.4, -0.2) is 22.9 Å². The summed E-state index contributed by atoms with van der Waals surface area (Å²) in [5.41, 5.74) is 5.00. The maximum Gasteiger partial charge on any atom is 0.172 e. The van der Waals surface area contributed by atoms with E-state index in [1.165, 1.54) is 68.1 Å². The highest BCUT2D eigenvalue weighted by molar-refractivity contribution is 5.22. The molecule has 0 aliphatic heterocycles. The lowest BCUT2D eigenvalue weighted by molar-refractivity contribution is -0.690. The molecule has 2 N–H and O–H groups in total. The van der Waals surface area contributed by atoms with Crippen molar-refractivity contribution in [1.82, 2.24) is 0 Å². The second-order valence-electron chi connectivity index (χ2n) is 17.0. The van der Waals surface area contributed by atoms with Gasteiger partial charge in [-0.05, 0) is 146 Å². The van der Waals surface area contributed by atoms with Gasteiger partial charge in [0.25, 0.3) is 0 Å². The normalized spacial score (nSPS) is 47.5. The van der Waals surface area contributed by atoms with Crippen LogP contribution in [0.1, 0.15) is 110 Å². The molecule has 0 bridgehead atoms. The number of aryl methyl sites for hydroxylation is 2. The Hall–Kier alpha value is -1.19. The van der Waals surface area contributed by atoms with Crippen molar-refractivity contribution < 1.29 is 14.8 Å². The van der Waals surface area contributed by atoms with Crippen molar-refractivity contribution in [3.8, 4) is 0 Å². The molecule has 5 aliphatic carbocycles. The van der Waals surface area contributed by atoms with Crippen LogP contribution in [0.5, 0.6) is 0 Å². The first kappa shape index (κ1) is 28.9. The molecule has 0 radical (unpaired) electrons. The molecule has 3 heteroatoms. The van der Waals surface area contributed by atoms with Crippen LogP contribution in [-0.2, 0) is 6.54 Å². The zero-order valence-corrected chi connectivity index (χ0v) is 26.7. The number of aliphatic hydroxyl groups is 2. The summed E-state index contributed by atoms with van der Waals surface area (Å²) in [6, 6.07) is 2.25. The molecular formula is C37H58NO2+. The smallest absolute Gasteiger partial charge is 0.172 e. The molecule has 5 fully saturated rings. The van der Waals surface area contributed by atoms with Crippen molar-refractivity contribution in [2.75, 3.05) is 6.61 Å². The standard InChI is InChI=1S/C37H58NO2/c1-24-19-25(2)21-38(20-24)22-26(3)27-11-16-37(23-39)18-17-35(7)28(32(27)37)9-10-30-34(6)14-13-31(40)33(4,5)29(34)12-15-36(30,35)8/h19-21,27-32,39-40H,3,9-18,22-23H2,1-2,4-8H3/q+1/t27-,28+,29-,30+,31?,32+,34-,35+,36+,37+/m0/s1. The van der Waals surface area contributed by atoms with E-state index in [2.05, 4.69) is 71.5 Å². The molecule has 0 spiro atoms. The van der Waals surface area contributed by atoms with E-state index in [1.807, 2.05) is 0 Å². The highest BCUT2D eigenvalue weighted by atomic mass is 16.3. The fraction of sp³-hybridized carbons (Fsp3) is 0.811. The predicted molar refractivity (Wildman–Crippen MR) is 162 cm³/mol. The lowest BCUT2D eigenvalue weighted by Crippen LogP contribution is -2.66. The third kappa shape index (κ3) is 3.84. The molecular weight excluding hydrogens is 490 g/mol. The van der Waals surface area contributed by atoms with Gasteiger partial charge >= 0.3 is 0 Å². The molecule has 0 saturated heterocycles. The summed E-state index contributed by atoms with van der Waals surface area (Å²) in [6.07, 6.45) is 16.5. The van der Waals surface area contributed by atoms with E-state index in [-0.39, 0.29) is 16.9 Å². The first-order valence-corrected chi connectivity index (χ1v) is 16.7. The van der Waals surface area contributed by atoms with Crippen LogP contribution in [0.25, 0.3) is 0 Å². The largest absolute Gasteiger partial charge is 0.396 e. The van der Waals surface area contributed by atoms with Crippen molar-refractivity contribution in [2.45, 2.75) is 125 Å². The molecule has 1 aromatic heterocycles. The molecule has 5 saturated carbocycles. The van der Waals surface area contributed by atoms with E-state index in [1.54, 1.807) is 0 Å². The molecule has 6 rings (SSSR count). The molecule has 3 nitrogen and oxygen atoms in total. The molecule has 5 aliphatic rings. The third-order valence-corrected chi connectivity index (χ3v) is 15.0. The molecule has 40 heavy (non-hydrogen) atoms. The average molecular weight is 549 g/mol. The zero-order chi connectivity index (χ0) is 28.9. The maximum atomic E-state index is 11.0. The number of hydrogen-bond acceptors (Lipinski definition) is 2. The molecule has 0 amide bonds. The number of rotatable bonds is 4. The number of allylic oxidation sites excluding steroid dienone is 1. The molecule has 1 heterocycles. The summed E-state index contributed by atoms with van der Waals surface area (Å²) in [7, 11) is 0. The summed E-state index contributed by atoms with van der Waals surface area (Å²) in [4.78, 5) is 0. The number of hydrogen-bond donors (Lipinski definition) is 2. The maximum absolute atomic E-state index is 11.0. The van der Waals surface area contributed by atoms with Gasteiger partial charge in [-0.3, -0.25) is 0 Å². The van der Waals surface area contributed by atoms with E-state index in [0.29, 0.717) is 46.5 Å². The Morgan fingerprint density at radius 1 is 0.850 bits per heavy atom. The quantitative estimate of drug-likeness (QED) is 0.301. The Kier molecular flexibility index (Phi) is 6.80. The van der Waals surface area contributed by atoms with Gasteiger partial charge in [0, 0.05) is 17.7 Å². The van der Waals surface area contributed by atoms with Gasteiger partial charge in [-0.25, -0.2) is 4.57 Å². The molecule has 10 atom stereocenters. The summed E-state index contributed by atoms with van der Waals surface area (Å²) in [5, 5.41) is 22.0. The van der Waals surface area contributed by atoms with Crippen LogP contribution < -0.4 is 4.57 Å². The Morgan fingerprint density at radius 3 is 2.23 bits per heavy atom. The van der Waals surface area contributed by atoms with Crippen molar-refractivity contribution in [3.05, 3.63) is 41.7 Å². The molecule has 1 unspecified atom stereocenters. The lowest BCUT2D eigenvalue weighted by Gasteiger charge is -2.73. The van der Waals surface area contributed by atoms with E-state index in [4.69, 9.17) is 6.58 Å². The summed E-state index contributed by atoms with van der Waals surface area (Å²) < 4.78 is 2.35. The number of aromatic nitrogens is 1. The predicted octanol–water partition coefficient (Wildman–Crippen LogP) is 7.58. The Morgan fingerprint density at radius 2 is 1.55 bits per heavy atom. The number of pyridine rings is 1. The highest BCUT2D eigenvalue weighted by Crippen LogP contribution is 2.77. The summed E-state index contributed by atoms with van der Waals surface area (Å²) in [6.45, 7) is 23.1. The van der Waals surface area contributed by atoms with Gasteiger partial charge in [-0.1, -0.05) is 41.2 Å². The van der Waals surface area contributed by atoms with Gasteiger partial charge < -0.3 is 10.2 Å². The monoisotopic (exact) mass is 548 g/mol. The molecule has 0 aromatic carbocycles. The number of aliphatic hydroxyl groups excluding tert-OH is 2. The minimum Gasteiger partial charge on any atom is -0.396 e. The van der Waals surface area contributed by atoms with E-state index < -0.39 is 0 Å². The minimum atomic E-state index is -0.165. The molecule has 222 valence electrons. The van der Waals surface area contributed by atoms with Crippen molar-refractivity contribution >= 4 is 0 Å². The fourth-order valence-electron chi connectivity index (χ4n) is 12.9. The Labute approximate surface area is 244 Å². The minimum absolute atomic E-state index is 0.00476. The summed E-state index contributed by atoms with van der Waals surface area (Å²) >= 11 is 0. The number of nitrogens with zero attached hydrogens (tertiary/aromatic N) is 1. The van der Waals surface area contributed by atoms with Gasteiger partial charge in [-0.2, -0.15) is 0 Å². The lowest BCUT2D eigenvalue weighted by atomic mass is 9.32. The van der Waals surface area contributed by atoms with Crippen LogP contribution in [0, 0.1) is 70.5 Å². The van der Waals surface area contributed by atoms with E-state index >= 15 is 0 Å². The van der Waals surface area contributed by atoms with Crippen LogP contribution in [0.4, 0.5) is 0 Å². The first-order chi connectivity index (χ1) is 18.7. The van der Waals surface area contributed by atoms with E-state index in [0.717, 1.165) is 25.3 Å². The SMILES string of the molecule is C=C(C[n+]1cc(C)cc(C)c1)[C@@H]1CC[C@]2(CO)CC[C@]3(C)[C@H](CC[C@@H]4[C@@]5(C)CCC(O)C(C)(C)[C@@H]5CC[C@]43C)[C@@H]12. The van der Waals surface area contributed by atoms with Crippen LogP contribution in [0.2, 0.25) is 0 Å².